The molecule has 13 nitrogen and oxygen atoms in total. The number of rotatable bonds is 23. The van der Waals surface area contributed by atoms with Crippen molar-refractivity contribution in [1.82, 2.24) is 5.32 Å². The van der Waals surface area contributed by atoms with Crippen molar-refractivity contribution in [2.45, 2.75) is 107 Å². The van der Waals surface area contributed by atoms with Crippen molar-refractivity contribution in [3.05, 3.63) is 23.8 Å². The van der Waals surface area contributed by atoms with Crippen LogP contribution in [-0.2, 0) is 49.3 Å². The predicted octanol–water partition coefficient (Wildman–Crippen LogP) is 6.12. The molecule has 13 heteroatoms. The molecular formula is C39H63NO12. The van der Waals surface area contributed by atoms with Gasteiger partial charge in [0.1, 0.15) is 5.60 Å². The monoisotopic (exact) mass is 737 g/mol. The highest BCUT2D eigenvalue weighted by Crippen LogP contribution is 2.41. The van der Waals surface area contributed by atoms with Crippen molar-refractivity contribution in [3.63, 3.8) is 0 Å². The topological polar surface area (TPSA) is 162 Å². The SMILES string of the molecule is CCCOC(=O)[C@](C(=O)OCC)(C(=O)[C@H](C[C@H](Cc1ccc(OC)c(OCCCOC)c1)C(C)C)NC(=O)OC(C)(C)C)[C@@H](C(=O)OCC)C(C)C. The minimum atomic E-state index is -2.81. The van der Waals surface area contributed by atoms with Crippen molar-refractivity contribution in [1.29, 1.82) is 0 Å². The maximum absolute atomic E-state index is 15.2. The average molecular weight is 738 g/mol. The molecule has 0 aromatic heterocycles. The van der Waals surface area contributed by atoms with Crippen LogP contribution in [0.2, 0.25) is 0 Å². The largest absolute Gasteiger partial charge is 0.493 e. The minimum absolute atomic E-state index is 0.0400. The maximum atomic E-state index is 15.2. The maximum Gasteiger partial charge on any atom is 0.408 e. The molecule has 0 radical (unpaired) electrons. The van der Waals surface area contributed by atoms with Crippen LogP contribution in [0.5, 0.6) is 11.5 Å². The standard InChI is InChI=1S/C39H63NO12/c1-13-19-51-36(44)39(35(43)49-15-3,32(26(6)7)34(42)48-14-2)33(41)29(40-37(45)52-38(8,9)10)24-28(25(4)5)22-27-17-18-30(47-12)31(23-27)50-21-16-20-46-11/h17-18,23,25-26,28-29,32H,13-16,19-22,24H2,1-12H3,(H,40,45)/t28-,29-,32+,39-/m0/s1. The zero-order valence-corrected chi connectivity index (χ0v) is 33.4. The number of hydrogen-bond acceptors (Lipinski definition) is 12. The van der Waals surface area contributed by atoms with E-state index in [4.69, 9.17) is 33.2 Å². The van der Waals surface area contributed by atoms with Crippen molar-refractivity contribution >= 4 is 29.8 Å². The van der Waals surface area contributed by atoms with Gasteiger partial charge in [-0.2, -0.15) is 0 Å². The van der Waals surface area contributed by atoms with Gasteiger partial charge in [-0.05, 0) is 89.3 Å². The zero-order valence-electron chi connectivity index (χ0n) is 33.4. The number of esters is 3. The summed E-state index contributed by atoms with van der Waals surface area (Å²) >= 11 is 0. The Labute approximate surface area is 310 Å². The van der Waals surface area contributed by atoms with E-state index in [1.54, 1.807) is 68.8 Å². The smallest absolute Gasteiger partial charge is 0.408 e. The third-order valence-electron chi connectivity index (χ3n) is 8.38. The Kier molecular flexibility index (Phi) is 19.8. The van der Waals surface area contributed by atoms with E-state index in [2.05, 4.69) is 5.32 Å². The Morgan fingerprint density at radius 3 is 1.94 bits per heavy atom. The van der Waals surface area contributed by atoms with E-state index in [0.29, 0.717) is 44.0 Å². The first-order chi connectivity index (χ1) is 24.4. The van der Waals surface area contributed by atoms with E-state index in [9.17, 15) is 19.2 Å². The summed E-state index contributed by atoms with van der Waals surface area (Å²) in [5.74, 6) is -6.20. The number of methoxy groups -OCH3 is 2. The summed E-state index contributed by atoms with van der Waals surface area (Å²) in [6, 6.07) is 4.04. The first-order valence-electron chi connectivity index (χ1n) is 18.3. The molecule has 296 valence electrons. The molecule has 1 aromatic rings. The molecule has 4 atom stereocenters. The molecule has 1 N–H and O–H groups in total. The lowest BCUT2D eigenvalue weighted by Crippen LogP contribution is -2.63. The average Bonchev–Trinajstić information content (AvgIpc) is 3.06. The highest BCUT2D eigenvalue weighted by molar-refractivity contribution is 6.24. The van der Waals surface area contributed by atoms with Crippen LogP contribution in [0.25, 0.3) is 0 Å². The van der Waals surface area contributed by atoms with Gasteiger partial charge in [-0.3, -0.25) is 19.2 Å². The fraction of sp³-hybridized carbons (Fsp3) is 0.718. The van der Waals surface area contributed by atoms with Crippen LogP contribution < -0.4 is 14.8 Å². The number of ether oxygens (including phenoxy) is 7. The van der Waals surface area contributed by atoms with Crippen LogP contribution in [-0.4, -0.2) is 88.7 Å². The van der Waals surface area contributed by atoms with Gasteiger partial charge in [0.05, 0.1) is 45.5 Å². The van der Waals surface area contributed by atoms with Crippen LogP contribution in [0.4, 0.5) is 4.79 Å². The number of hydrogen-bond donors (Lipinski definition) is 1. The molecule has 0 aliphatic heterocycles. The number of nitrogens with one attached hydrogen (secondary N) is 1. The molecule has 1 aromatic carbocycles. The van der Waals surface area contributed by atoms with Crippen molar-refractivity contribution in [2.24, 2.45) is 29.1 Å². The highest BCUT2D eigenvalue weighted by Gasteiger charge is 2.66. The number of carbonyl (C=O) groups is 5. The zero-order chi connectivity index (χ0) is 39.6. The molecule has 0 saturated carbocycles. The summed E-state index contributed by atoms with van der Waals surface area (Å²) in [6.45, 7) is 17.5. The van der Waals surface area contributed by atoms with E-state index in [1.807, 2.05) is 26.0 Å². The second-order valence-electron chi connectivity index (χ2n) is 14.3. The van der Waals surface area contributed by atoms with Crippen LogP contribution in [0.15, 0.2) is 18.2 Å². The Balaban J connectivity index is 3.97. The van der Waals surface area contributed by atoms with Gasteiger partial charge in [0.25, 0.3) is 0 Å². The third kappa shape index (κ3) is 13.3. The molecule has 0 heterocycles. The third-order valence-corrected chi connectivity index (χ3v) is 8.38. The van der Waals surface area contributed by atoms with Gasteiger partial charge < -0.3 is 38.5 Å². The summed E-state index contributed by atoms with van der Waals surface area (Å²) in [7, 11) is 3.17. The molecule has 1 rings (SSSR count). The lowest BCUT2D eigenvalue weighted by molar-refractivity contribution is -0.188. The van der Waals surface area contributed by atoms with Gasteiger partial charge in [-0.15, -0.1) is 0 Å². The van der Waals surface area contributed by atoms with Gasteiger partial charge in [-0.1, -0.05) is 40.7 Å². The molecule has 0 unspecified atom stereocenters. The Hall–Kier alpha value is -3.87. The normalized spacial score (nSPS) is 14.4. The molecule has 52 heavy (non-hydrogen) atoms. The number of benzene rings is 1. The number of ketones is 1. The first kappa shape index (κ1) is 46.2. The fourth-order valence-electron chi connectivity index (χ4n) is 5.93. The summed E-state index contributed by atoms with van der Waals surface area (Å²) in [5, 5.41) is 2.66. The molecule has 0 bridgehead atoms. The van der Waals surface area contributed by atoms with Crippen molar-refractivity contribution < 1.29 is 57.1 Å². The van der Waals surface area contributed by atoms with Crippen LogP contribution in [0, 0.1) is 29.1 Å². The number of Topliss-reactive ketones (excluding diaryl/α,β-unsaturated/α-hetero) is 1. The Bertz CT molecular complexity index is 1300. The summed E-state index contributed by atoms with van der Waals surface area (Å²) in [4.78, 5) is 70.8. The van der Waals surface area contributed by atoms with E-state index >= 15 is 4.79 Å². The lowest BCUT2D eigenvalue weighted by Gasteiger charge is -2.38. The molecule has 0 aliphatic rings. The van der Waals surface area contributed by atoms with E-state index in [0.717, 1.165) is 5.56 Å². The van der Waals surface area contributed by atoms with Crippen LogP contribution in [0.1, 0.15) is 94.1 Å². The van der Waals surface area contributed by atoms with Gasteiger partial charge in [-0.25, -0.2) is 4.79 Å². The second kappa shape index (κ2) is 22.3. The van der Waals surface area contributed by atoms with Crippen molar-refractivity contribution in [2.75, 3.05) is 47.3 Å². The van der Waals surface area contributed by atoms with E-state index < -0.39 is 58.7 Å². The molecule has 0 aliphatic carbocycles. The molecule has 1 amide bonds. The van der Waals surface area contributed by atoms with Gasteiger partial charge >= 0.3 is 24.0 Å². The predicted molar refractivity (Wildman–Crippen MR) is 195 cm³/mol. The van der Waals surface area contributed by atoms with Gasteiger partial charge in [0.2, 0.25) is 5.41 Å². The van der Waals surface area contributed by atoms with Crippen LogP contribution in [0.3, 0.4) is 0 Å². The fourth-order valence-corrected chi connectivity index (χ4v) is 5.93. The first-order valence-corrected chi connectivity index (χ1v) is 18.3. The summed E-state index contributed by atoms with van der Waals surface area (Å²) < 4.78 is 38.5. The molecule has 0 fully saturated rings. The minimum Gasteiger partial charge on any atom is -0.493 e. The second-order valence-corrected chi connectivity index (χ2v) is 14.3. The quantitative estimate of drug-likeness (QED) is 0.0594. The summed E-state index contributed by atoms with van der Waals surface area (Å²) in [5.41, 5.74) is -2.90. The van der Waals surface area contributed by atoms with Crippen LogP contribution >= 0.6 is 0 Å². The van der Waals surface area contributed by atoms with Gasteiger partial charge in [0, 0.05) is 20.1 Å². The molecule has 0 saturated heterocycles. The van der Waals surface area contributed by atoms with Gasteiger partial charge in [0.15, 0.2) is 17.3 Å². The Morgan fingerprint density at radius 1 is 0.788 bits per heavy atom. The molecular weight excluding hydrogens is 674 g/mol. The lowest BCUT2D eigenvalue weighted by atomic mass is 9.64. The van der Waals surface area contributed by atoms with Crippen molar-refractivity contribution in [3.8, 4) is 11.5 Å². The number of amides is 1. The number of carbonyl (C=O) groups excluding carboxylic acids is 5. The van der Waals surface area contributed by atoms with E-state index in [-0.39, 0.29) is 38.1 Å². The number of alkyl carbamates (subject to hydrolysis) is 1. The molecule has 0 spiro atoms. The summed E-state index contributed by atoms with van der Waals surface area (Å²) in [6.07, 6.45) is 0.474. The van der Waals surface area contributed by atoms with E-state index in [1.165, 1.54) is 6.92 Å². The highest BCUT2D eigenvalue weighted by atomic mass is 16.6. The Morgan fingerprint density at radius 2 is 1.42 bits per heavy atom.